The standard InChI is InChI=1S/C20H24N2O2S/c1-15-8-10-19(11-9-15)25(23,24)22-14-18-12-20(22)16(2)21(18)13-17-6-4-3-5-7-17/h3-11,16,18,20H,12-14H2,1-2H3/t16-,18-,20-/m0/s1. The molecular weight excluding hydrogens is 332 g/mol. The monoisotopic (exact) mass is 356 g/mol. The molecule has 2 saturated heterocycles. The van der Waals surface area contributed by atoms with Crippen LogP contribution in [0.25, 0.3) is 0 Å². The second-order valence-corrected chi connectivity index (χ2v) is 9.13. The lowest BCUT2D eigenvalue weighted by atomic mass is 10.1. The number of nitrogens with zero attached hydrogens (tertiary/aromatic N) is 2. The summed E-state index contributed by atoms with van der Waals surface area (Å²) in [6.45, 7) is 5.61. The van der Waals surface area contributed by atoms with Gasteiger partial charge in [0.2, 0.25) is 10.0 Å². The average molecular weight is 356 g/mol. The van der Waals surface area contributed by atoms with Crippen molar-refractivity contribution in [1.82, 2.24) is 9.21 Å². The van der Waals surface area contributed by atoms with E-state index in [0.29, 0.717) is 17.5 Å². The van der Waals surface area contributed by atoms with Crippen LogP contribution in [0.4, 0.5) is 0 Å². The van der Waals surface area contributed by atoms with Crippen LogP contribution in [0, 0.1) is 6.92 Å². The van der Waals surface area contributed by atoms with Crippen molar-refractivity contribution in [3.63, 3.8) is 0 Å². The maximum Gasteiger partial charge on any atom is 0.243 e. The third-order valence-corrected chi connectivity index (χ3v) is 7.56. The molecule has 0 N–H and O–H groups in total. The molecule has 2 fully saturated rings. The molecule has 0 aromatic heterocycles. The summed E-state index contributed by atoms with van der Waals surface area (Å²) in [5.74, 6) is 0. The summed E-state index contributed by atoms with van der Waals surface area (Å²) in [5.41, 5.74) is 2.36. The Hall–Kier alpha value is -1.69. The smallest absolute Gasteiger partial charge is 0.243 e. The van der Waals surface area contributed by atoms with Crippen LogP contribution in [0.5, 0.6) is 0 Å². The van der Waals surface area contributed by atoms with Crippen LogP contribution in [0.3, 0.4) is 0 Å². The van der Waals surface area contributed by atoms with Gasteiger partial charge in [0.25, 0.3) is 0 Å². The van der Waals surface area contributed by atoms with Gasteiger partial charge in [0.05, 0.1) is 4.90 Å². The molecule has 2 bridgehead atoms. The fourth-order valence-electron chi connectivity index (χ4n) is 4.23. The molecule has 132 valence electrons. The van der Waals surface area contributed by atoms with Crippen LogP contribution in [-0.2, 0) is 16.6 Å². The van der Waals surface area contributed by atoms with Gasteiger partial charge in [0.1, 0.15) is 0 Å². The zero-order valence-electron chi connectivity index (χ0n) is 14.7. The molecule has 25 heavy (non-hydrogen) atoms. The molecule has 0 radical (unpaired) electrons. The third kappa shape index (κ3) is 2.90. The van der Waals surface area contributed by atoms with Crippen LogP contribution >= 0.6 is 0 Å². The Labute approximate surface area is 150 Å². The first-order valence-corrected chi connectivity index (χ1v) is 10.3. The zero-order chi connectivity index (χ0) is 17.6. The Kier molecular flexibility index (Phi) is 4.18. The van der Waals surface area contributed by atoms with Crippen molar-refractivity contribution >= 4 is 10.0 Å². The Morgan fingerprint density at radius 2 is 1.72 bits per heavy atom. The van der Waals surface area contributed by atoms with Gasteiger partial charge in [-0.1, -0.05) is 48.0 Å². The van der Waals surface area contributed by atoms with Crippen LogP contribution in [-0.4, -0.2) is 42.3 Å². The molecular formula is C20H24N2O2S. The van der Waals surface area contributed by atoms with Gasteiger partial charge in [-0.3, -0.25) is 4.90 Å². The normalized spacial score (nSPS) is 27.0. The van der Waals surface area contributed by atoms with Crippen LogP contribution < -0.4 is 0 Å². The predicted octanol–water partition coefficient (Wildman–Crippen LogP) is 3.03. The van der Waals surface area contributed by atoms with Crippen molar-refractivity contribution in [2.24, 2.45) is 0 Å². The summed E-state index contributed by atoms with van der Waals surface area (Å²) in [6.07, 6.45) is 0.930. The highest BCUT2D eigenvalue weighted by atomic mass is 32.2. The molecule has 2 aliphatic heterocycles. The highest BCUT2D eigenvalue weighted by molar-refractivity contribution is 7.89. The fraction of sp³-hybridized carbons (Fsp3) is 0.400. The number of fused-ring (bicyclic) bond motifs is 2. The van der Waals surface area contributed by atoms with Crippen LogP contribution in [0.2, 0.25) is 0 Å². The van der Waals surface area contributed by atoms with E-state index in [1.54, 1.807) is 16.4 Å². The molecule has 2 aliphatic rings. The number of hydrogen-bond acceptors (Lipinski definition) is 3. The number of benzene rings is 2. The lowest BCUT2D eigenvalue weighted by molar-refractivity contribution is 0.117. The number of sulfonamides is 1. The second kappa shape index (κ2) is 6.24. The molecule has 5 heteroatoms. The summed E-state index contributed by atoms with van der Waals surface area (Å²) in [4.78, 5) is 2.87. The molecule has 2 heterocycles. The number of hydrogen-bond donors (Lipinski definition) is 0. The first kappa shape index (κ1) is 16.8. The topological polar surface area (TPSA) is 40.6 Å². The first-order valence-electron chi connectivity index (χ1n) is 8.85. The van der Waals surface area contributed by atoms with E-state index in [-0.39, 0.29) is 12.1 Å². The van der Waals surface area contributed by atoms with Gasteiger partial charge < -0.3 is 0 Å². The Morgan fingerprint density at radius 3 is 2.36 bits per heavy atom. The maximum atomic E-state index is 13.1. The lowest BCUT2D eigenvalue weighted by Crippen LogP contribution is -2.53. The number of rotatable bonds is 4. The van der Waals surface area contributed by atoms with Crippen molar-refractivity contribution < 1.29 is 8.42 Å². The minimum Gasteiger partial charge on any atom is -0.290 e. The second-order valence-electron chi connectivity index (χ2n) is 7.24. The Balaban J connectivity index is 1.54. The van der Waals surface area contributed by atoms with Crippen molar-refractivity contribution in [2.75, 3.05) is 6.54 Å². The van der Waals surface area contributed by atoms with Crippen LogP contribution in [0.1, 0.15) is 24.5 Å². The quantitative estimate of drug-likeness (QED) is 0.845. The van der Waals surface area contributed by atoms with Crippen molar-refractivity contribution in [2.45, 2.75) is 49.8 Å². The van der Waals surface area contributed by atoms with Crippen molar-refractivity contribution in [1.29, 1.82) is 0 Å². The third-order valence-electron chi connectivity index (χ3n) is 5.66. The zero-order valence-corrected chi connectivity index (χ0v) is 15.5. The SMILES string of the molecule is Cc1ccc(S(=O)(=O)N2C[C@@H]3C[C@H]2[C@H](C)N3Cc2ccccc2)cc1. The van der Waals surface area contributed by atoms with Gasteiger partial charge in [-0.15, -0.1) is 0 Å². The highest BCUT2D eigenvalue weighted by Gasteiger charge is 2.52. The largest absolute Gasteiger partial charge is 0.290 e. The first-order chi connectivity index (χ1) is 12.0. The van der Waals surface area contributed by atoms with Gasteiger partial charge in [-0.25, -0.2) is 8.42 Å². The minimum atomic E-state index is -3.41. The number of likely N-dealkylation sites (tertiary alicyclic amines) is 1. The van der Waals surface area contributed by atoms with E-state index in [9.17, 15) is 8.42 Å². The van der Waals surface area contributed by atoms with Crippen molar-refractivity contribution in [3.05, 3.63) is 65.7 Å². The maximum absolute atomic E-state index is 13.1. The Bertz CT molecular complexity index is 847. The van der Waals surface area contributed by atoms with Gasteiger partial charge in [0, 0.05) is 31.2 Å². The summed E-state index contributed by atoms with van der Waals surface area (Å²) >= 11 is 0. The summed E-state index contributed by atoms with van der Waals surface area (Å²) in [6, 6.07) is 18.2. The molecule has 0 spiro atoms. The lowest BCUT2D eigenvalue weighted by Gasteiger charge is -2.38. The minimum absolute atomic E-state index is 0.0695. The number of aryl methyl sites for hydroxylation is 1. The van der Waals surface area contributed by atoms with Gasteiger partial charge in [-0.05, 0) is 38.0 Å². The van der Waals surface area contributed by atoms with E-state index in [0.717, 1.165) is 18.5 Å². The summed E-state index contributed by atoms with van der Waals surface area (Å²) in [7, 11) is -3.41. The summed E-state index contributed by atoms with van der Waals surface area (Å²) < 4.78 is 27.8. The van der Waals surface area contributed by atoms with Crippen molar-refractivity contribution in [3.8, 4) is 0 Å². The molecule has 0 unspecified atom stereocenters. The molecule has 0 aliphatic carbocycles. The van der Waals surface area contributed by atoms with Gasteiger partial charge in [0.15, 0.2) is 0 Å². The Morgan fingerprint density at radius 1 is 1.04 bits per heavy atom. The highest BCUT2D eigenvalue weighted by Crippen LogP contribution is 2.39. The molecule has 4 nitrogen and oxygen atoms in total. The van der Waals surface area contributed by atoms with E-state index in [2.05, 4.69) is 36.1 Å². The van der Waals surface area contributed by atoms with E-state index < -0.39 is 10.0 Å². The summed E-state index contributed by atoms with van der Waals surface area (Å²) in [5, 5.41) is 0. The van der Waals surface area contributed by atoms with Crippen LogP contribution in [0.15, 0.2) is 59.5 Å². The van der Waals surface area contributed by atoms with E-state index in [4.69, 9.17) is 0 Å². The van der Waals surface area contributed by atoms with Gasteiger partial charge >= 0.3 is 0 Å². The van der Waals surface area contributed by atoms with E-state index in [1.165, 1.54) is 5.56 Å². The molecule has 0 amide bonds. The molecule has 4 rings (SSSR count). The predicted molar refractivity (Wildman–Crippen MR) is 98.7 cm³/mol. The number of piperazine rings is 1. The molecule has 3 atom stereocenters. The molecule has 2 aromatic carbocycles. The van der Waals surface area contributed by atoms with E-state index in [1.807, 2.05) is 25.1 Å². The van der Waals surface area contributed by atoms with E-state index >= 15 is 0 Å². The van der Waals surface area contributed by atoms with Gasteiger partial charge in [-0.2, -0.15) is 4.31 Å². The fourth-order valence-corrected chi connectivity index (χ4v) is 5.97. The average Bonchev–Trinajstić information content (AvgIpc) is 3.17. The molecule has 2 aromatic rings. The molecule has 0 saturated carbocycles.